The van der Waals surface area contributed by atoms with Crippen molar-refractivity contribution in [2.45, 2.75) is 94.8 Å². The Labute approximate surface area is 211 Å². The molecule has 36 heavy (non-hydrogen) atoms. The molecule has 2 aliphatic carbocycles. The van der Waals surface area contributed by atoms with Crippen LogP contribution in [-0.4, -0.2) is 56.5 Å². The number of para-hydroxylation sites is 2. The number of carboxylic acid groups (broad SMARTS) is 1. The summed E-state index contributed by atoms with van der Waals surface area (Å²) in [6, 6.07) is 9.17. The summed E-state index contributed by atoms with van der Waals surface area (Å²) in [6.45, 7) is 0. The number of oxime groups is 1. The third kappa shape index (κ3) is 4.13. The Morgan fingerprint density at radius 1 is 0.944 bits per heavy atom. The molecule has 2 saturated heterocycles. The lowest BCUT2D eigenvalue weighted by Crippen LogP contribution is -2.52. The summed E-state index contributed by atoms with van der Waals surface area (Å²) in [6.07, 6.45) is 13.9. The lowest BCUT2D eigenvalue weighted by atomic mass is 9.76. The fraction of sp³-hybridized carbons (Fsp3) is 0.643. The average molecular weight is 493 g/mol. The number of rotatable bonds is 5. The third-order valence-electron chi connectivity index (χ3n) is 9.31. The summed E-state index contributed by atoms with van der Waals surface area (Å²) in [7, 11) is 1.28. The number of aliphatic carboxylic acids is 1. The molecule has 0 spiro atoms. The molecule has 1 aromatic heterocycles. The van der Waals surface area contributed by atoms with Crippen molar-refractivity contribution in [3.8, 4) is 0 Å². The van der Waals surface area contributed by atoms with Crippen molar-refractivity contribution in [3.63, 3.8) is 0 Å². The first kappa shape index (κ1) is 23.6. The molecule has 8 nitrogen and oxygen atoms in total. The van der Waals surface area contributed by atoms with Crippen molar-refractivity contribution in [3.05, 3.63) is 40.3 Å². The maximum absolute atomic E-state index is 13.8. The van der Waals surface area contributed by atoms with Gasteiger partial charge in [0.2, 0.25) is 5.71 Å². The maximum Gasteiger partial charge on any atom is 0.360 e. The van der Waals surface area contributed by atoms with Gasteiger partial charge in [-0.05, 0) is 68.9 Å². The highest BCUT2D eigenvalue weighted by atomic mass is 16.6. The van der Waals surface area contributed by atoms with Crippen LogP contribution in [0.2, 0.25) is 0 Å². The highest BCUT2D eigenvalue weighted by Crippen LogP contribution is 2.47. The molecule has 4 unspecified atom stereocenters. The van der Waals surface area contributed by atoms with Crippen LogP contribution in [0.4, 0.5) is 0 Å². The van der Waals surface area contributed by atoms with Gasteiger partial charge in [-0.2, -0.15) is 0 Å². The van der Waals surface area contributed by atoms with E-state index in [4.69, 9.17) is 4.84 Å². The standard InChI is InChI=1S/C28H36N4O4/c1-36-30-26(28(34)35)25-27(33)32(24-9-5-4-8-23(24)29-25)22-15-19-10-11-20(16-22)31(19)21-13-17-6-2-3-7-18(12-17)14-21/h4-5,8-9,17-22H,2-3,6-7,10-16H2,1H3,(H,34,35)/b30-26-. The first-order valence-electron chi connectivity index (χ1n) is 13.7. The fourth-order valence-electron chi connectivity index (χ4n) is 8.05. The van der Waals surface area contributed by atoms with E-state index in [1.807, 2.05) is 28.8 Å². The molecule has 2 saturated carbocycles. The van der Waals surface area contributed by atoms with Crippen molar-refractivity contribution in [1.82, 2.24) is 14.5 Å². The molecule has 0 radical (unpaired) electrons. The van der Waals surface area contributed by atoms with Crippen LogP contribution in [0.5, 0.6) is 0 Å². The van der Waals surface area contributed by atoms with Gasteiger partial charge in [0.05, 0.1) is 11.0 Å². The summed E-state index contributed by atoms with van der Waals surface area (Å²) in [4.78, 5) is 37.7. The molecular weight excluding hydrogens is 456 g/mol. The van der Waals surface area contributed by atoms with Crippen molar-refractivity contribution in [2.24, 2.45) is 17.0 Å². The molecule has 192 valence electrons. The molecule has 3 heterocycles. The van der Waals surface area contributed by atoms with Gasteiger partial charge in [-0.25, -0.2) is 9.78 Å². The van der Waals surface area contributed by atoms with Gasteiger partial charge in [0, 0.05) is 24.2 Å². The van der Waals surface area contributed by atoms with E-state index in [0.29, 0.717) is 23.6 Å². The monoisotopic (exact) mass is 492 g/mol. The van der Waals surface area contributed by atoms with E-state index < -0.39 is 17.2 Å². The second kappa shape index (κ2) is 9.61. The summed E-state index contributed by atoms with van der Waals surface area (Å²) in [5, 5.41) is 13.3. The van der Waals surface area contributed by atoms with Gasteiger partial charge in [0.15, 0.2) is 5.69 Å². The van der Waals surface area contributed by atoms with Crippen LogP contribution < -0.4 is 5.56 Å². The Morgan fingerprint density at radius 3 is 2.25 bits per heavy atom. The molecule has 4 bridgehead atoms. The van der Waals surface area contributed by atoms with Crippen LogP contribution in [0.3, 0.4) is 0 Å². The van der Waals surface area contributed by atoms with Crippen LogP contribution in [-0.2, 0) is 9.63 Å². The average Bonchev–Trinajstić information content (AvgIpc) is 3.02. The molecule has 1 N–H and O–H groups in total. The van der Waals surface area contributed by atoms with E-state index in [9.17, 15) is 14.7 Å². The van der Waals surface area contributed by atoms with E-state index in [1.165, 1.54) is 64.9 Å². The number of aromatic nitrogens is 2. The molecular formula is C28H36N4O4. The predicted octanol–water partition coefficient (Wildman–Crippen LogP) is 4.36. The zero-order chi connectivity index (χ0) is 24.8. The molecule has 8 heteroatoms. The van der Waals surface area contributed by atoms with E-state index >= 15 is 0 Å². The summed E-state index contributed by atoms with van der Waals surface area (Å²) in [5.41, 5.74) is 0.355. The van der Waals surface area contributed by atoms with Crippen molar-refractivity contribution < 1.29 is 14.7 Å². The maximum atomic E-state index is 13.8. The van der Waals surface area contributed by atoms with Gasteiger partial charge in [-0.3, -0.25) is 9.69 Å². The minimum atomic E-state index is -1.32. The Morgan fingerprint density at radius 2 is 1.61 bits per heavy atom. The number of fused-ring (bicyclic) bond motifs is 5. The molecule has 6 rings (SSSR count). The smallest absolute Gasteiger partial charge is 0.360 e. The highest BCUT2D eigenvalue weighted by molar-refractivity contribution is 6.41. The number of piperidine rings is 1. The Hall–Kier alpha value is -2.74. The normalized spacial score (nSPS) is 32.9. The zero-order valence-corrected chi connectivity index (χ0v) is 21.0. The Bertz CT molecular complexity index is 1210. The fourth-order valence-corrected chi connectivity index (χ4v) is 8.05. The van der Waals surface area contributed by atoms with Gasteiger partial charge >= 0.3 is 5.97 Å². The molecule has 0 amide bonds. The highest BCUT2D eigenvalue weighted by Gasteiger charge is 2.47. The molecule has 2 aromatic rings. The Kier molecular flexibility index (Phi) is 6.32. The van der Waals surface area contributed by atoms with Crippen LogP contribution in [0.1, 0.15) is 82.4 Å². The lowest BCUT2D eigenvalue weighted by molar-refractivity contribution is -0.129. The van der Waals surface area contributed by atoms with Gasteiger partial charge in [0.1, 0.15) is 7.11 Å². The van der Waals surface area contributed by atoms with E-state index in [1.54, 1.807) is 0 Å². The first-order valence-corrected chi connectivity index (χ1v) is 13.7. The molecule has 4 fully saturated rings. The van der Waals surface area contributed by atoms with Crippen LogP contribution in [0, 0.1) is 11.8 Å². The summed E-state index contributed by atoms with van der Waals surface area (Å²) in [5.74, 6) is 0.450. The topological polar surface area (TPSA) is 97.0 Å². The zero-order valence-electron chi connectivity index (χ0n) is 21.0. The van der Waals surface area contributed by atoms with E-state index in [-0.39, 0.29) is 11.7 Å². The number of hydrogen-bond acceptors (Lipinski definition) is 6. The van der Waals surface area contributed by atoms with Crippen molar-refractivity contribution in [2.75, 3.05) is 7.11 Å². The quantitative estimate of drug-likeness (QED) is 0.492. The first-order chi connectivity index (χ1) is 17.5. The predicted molar refractivity (Wildman–Crippen MR) is 137 cm³/mol. The van der Waals surface area contributed by atoms with E-state index in [0.717, 1.165) is 30.2 Å². The van der Waals surface area contributed by atoms with Crippen molar-refractivity contribution in [1.29, 1.82) is 0 Å². The number of hydrogen-bond donors (Lipinski definition) is 1. The van der Waals surface area contributed by atoms with Crippen LogP contribution in [0.15, 0.2) is 34.2 Å². The number of carboxylic acids is 1. The SMILES string of the molecule is CO/N=C(\C(=O)O)c1nc2ccccc2n(C2CC3CCC(C2)N3C2CC3CCCCC(C3)C2)c1=O. The largest absolute Gasteiger partial charge is 0.476 e. The second-order valence-electron chi connectivity index (χ2n) is 11.4. The summed E-state index contributed by atoms with van der Waals surface area (Å²) < 4.78 is 1.81. The molecule has 4 aliphatic rings. The van der Waals surface area contributed by atoms with Crippen LogP contribution >= 0.6 is 0 Å². The minimum absolute atomic E-state index is 0.0151. The number of nitrogens with zero attached hydrogens (tertiary/aromatic N) is 4. The van der Waals surface area contributed by atoms with Gasteiger partial charge in [0.25, 0.3) is 5.56 Å². The second-order valence-corrected chi connectivity index (χ2v) is 11.4. The van der Waals surface area contributed by atoms with Gasteiger partial charge < -0.3 is 14.5 Å². The third-order valence-corrected chi connectivity index (χ3v) is 9.31. The van der Waals surface area contributed by atoms with E-state index in [2.05, 4.69) is 15.0 Å². The molecule has 2 aliphatic heterocycles. The molecule has 1 aromatic carbocycles. The number of benzene rings is 1. The van der Waals surface area contributed by atoms with Gasteiger partial charge in [-0.15, -0.1) is 0 Å². The van der Waals surface area contributed by atoms with Gasteiger partial charge in [-0.1, -0.05) is 43.0 Å². The summed E-state index contributed by atoms with van der Waals surface area (Å²) >= 11 is 0. The lowest BCUT2D eigenvalue weighted by Gasteiger charge is -2.48. The number of carbonyl (C=O) groups is 1. The Balaban J connectivity index is 1.34. The van der Waals surface area contributed by atoms with Crippen LogP contribution in [0.25, 0.3) is 11.0 Å². The molecule has 4 atom stereocenters. The minimum Gasteiger partial charge on any atom is -0.476 e. The van der Waals surface area contributed by atoms with Crippen molar-refractivity contribution >= 4 is 22.7 Å².